The summed E-state index contributed by atoms with van der Waals surface area (Å²) in [5.41, 5.74) is 2.03. The second-order valence-electron chi connectivity index (χ2n) is 9.00. The number of benzene rings is 3. The minimum atomic E-state index is -1.18. The molecule has 0 aliphatic carbocycles. The molecule has 3 aromatic carbocycles. The molecule has 1 atom stereocenters. The minimum Gasteiger partial charge on any atom is -0.493 e. The zero-order valence-corrected chi connectivity index (χ0v) is 21.2. The monoisotopic (exact) mass is 531 g/mol. The number of carbonyl (C=O) groups is 2. The van der Waals surface area contributed by atoms with Crippen LogP contribution in [-0.4, -0.2) is 41.1 Å². The summed E-state index contributed by atoms with van der Waals surface area (Å²) in [5.74, 6) is -1.34. The highest BCUT2D eigenvalue weighted by Gasteiger charge is 2.38. The Labute approximate surface area is 218 Å². The van der Waals surface area contributed by atoms with E-state index in [9.17, 15) is 19.1 Å². The van der Waals surface area contributed by atoms with E-state index in [1.54, 1.807) is 12.1 Å². The Morgan fingerprint density at radius 3 is 2.44 bits per heavy atom. The Bertz CT molecular complexity index is 1310. The molecular formula is C27H24Cl2FNO5. The van der Waals surface area contributed by atoms with Crippen molar-refractivity contribution >= 4 is 35.1 Å². The molecule has 1 aliphatic heterocycles. The van der Waals surface area contributed by atoms with Crippen LogP contribution in [0.4, 0.5) is 4.39 Å². The quantitative estimate of drug-likeness (QED) is 0.397. The van der Waals surface area contributed by atoms with Crippen LogP contribution in [0, 0.1) is 5.82 Å². The highest BCUT2D eigenvalue weighted by atomic mass is 35.5. The molecule has 0 saturated carbocycles. The zero-order chi connectivity index (χ0) is 26.0. The van der Waals surface area contributed by atoms with Gasteiger partial charge in [-0.15, -0.1) is 0 Å². The van der Waals surface area contributed by atoms with Crippen LogP contribution in [-0.2, 0) is 24.2 Å². The van der Waals surface area contributed by atoms with Crippen LogP contribution in [0.2, 0.25) is 10.0 Å². The molecule has 188 valence electrons. The topological polar surface area (TPSA) is 76.1 Å². The second kappa shape index (κ2) is 10.4. The molecule has 0 fully saturated rings. The number of ether oxygens (including phenoxy) is 2. The maximum Gasteiger partial charge on any atom is 0.323 e. The molecule has 36 heavy (non-hydrogen) atoms. The number of carboxylic acid groups (broad SMARTS) is 1. The Morgan fingerprint density at radius 1 is 1.11 bits per heavy atom. The molecule has 0 bridgehead atoms. The molecule has 0 saturated heterocycles. The summed E-state index contributed by atoms with van der Waals surface area (Å²) < 4.78 is 25.4. The van der Waals surface area contributed by atoms with Crippen LogP contribution >= 0.6 is 23.2 Å². The van der Waals surface area contributed by atoms with Crippen molar-refractivity contribution in [3.05, 3.63) is 92.7 Å². The van der Waals surface area contributed by atoms with Gasteiger partial charge in [0.25, 0.3) is 5.91 Å². The van der Waals surface area contributed by atoms with E-state index in [4.69, 9.17) is 32.7 Å². The van der Waals surface area contributed by atoms with Crippen LogP contribution in [0.25, 0.3) is 0 Å². The van der Waals surface area contributed by atoms with E-state index in [1.165, 1.54) is 25.3 Å². The van der Waals surface area contributed by atoms with Crippen LogP contribution in [0.15, 0.2) is 54.6 Å². The van der Waals surface area contributed by atoms with Crippen molar-refractivity contribution in [3.63, 3.8) is 0 Å². The number of halogens is 3. The SMILES string of the molecule is COc1cc(C(=O)N(CC(=O)O)Cc2ccc(F)c(Cl)c2)cc2c1OC(C)(Cc1ccc(Cl)cc1)C2. The largest absolute Gasteiger partial charge is 0.493 e. The number of carboxylic acids is 1. The van der Waals surface area contributed by atoms with E-state index in [1.807, 2.05) is 31.2 Å². The van der Waals surface area contributed by atoms with Gasteiger partial charge < -0.3 is 19.5 Å². The van der Waals surface area contributed by atoms with Gasteiger partial charge in [-0.3, -0.25) is 9.59 Å². The first-order valence-electron chi connectivity index (χ1n) is 11.2. The van der Waals surface area contributed by atoms with E-state index in [0.29, 0.717) is 34.9 Å². The summed E-state index contributed by atoms with van der Waals surface area (Å²) in [4.78, 5) is 26.1. The lowest BCUT2D eigenvalue weighted by Crippen LogP contribution is -2.35. The molecule has 1 N–H and O–H groups in total. The third-order valence-electron chi connectivity index (χ3n) is 5.97. The fourth-order valence-corrected chi connectivity index (χ4v) is 4.73. The highest BCUT2D eigenvalue weighted by Crippen LogP contribution is 2.44. The van der Waals surface area contributed by atoms with Gasteiger partial charge in [-0.1, -0.05) is 41.4 Å². The number of hydrogen-bond acceptors (Lipinski definition) is 4. The minimum absolute atomic E-state index is 0.0602. The van der Waals surface area contributed by atoms with Gasteiger partial charge in [0.05, 0.1) is 12.1 Å². The Hall–Kier alpha value is -3.29. The highest BCUT2D eigenvalue weighted by molar-refractivity contribution is 6.31. The van der Waals surface area contributed by atoms with Gasteiger partial charge in [-0.05, 0) is 54.4 Å². The first kappa shape index (κ1) is 25.8. The van der Waals surface area contributed by atoms with E-state index >= 15 is 0 Å². The van der Waals surface area contributed by atoms with Crippen molar-refractivity contribution in [2.45, 2.75) is 31.9 Å². The predicted octanol–water partition coefficient (Wildman–Crippen LogP) is 5.80. The maximum absolute atomic E-state index is 13.6. The summed E-state index contributed by atoms with van der Waals surface area (Å²) in [6, 6.07) is 14.8. The number of methoxy groups -OCH3 is 1. The standard InChI is InChI=1S/C27H24Cl2FNO5/c1-27(12-16-3-6-20(28)7-4-16)13-19-10-18(11-23(35-2)25(19)36-27)26(34)31(15-24(32)33)14-17-5-8-22(30)21(29)9-17/h3-11H,12-15H2,1-2H3,(H,32,33). The molecule has 3 aromatic rings. The number of nitrogens with zero attached hydrogens (tertiary/aromatic N) is 1. The number of fused-ring (bicyclic) bond motifs is 1. The average molecular weight is 532 g/mol. The summed E-state index contributed by atoms with van der Waals surface area (Å²) in [6.45, 7) is 1.38. The van der Waals surface area contributed by atoms with Crippen LogP contribution in [0.3, 0.4) is 0 Å². The molecule has 1 aliphatic rings. The van der Waals surface area contributed by atoms with E-state index in [2.05, 4.69) is 0 Å². The number of rotatable bonds is 8. The fourth-order valence-electron chi connectivity index (χ4n) is 4.40. The number of hydrogen-bond donors (Lipinski definition) is 1. The van der Waals surface area contributed by atoms with Crippen molar-refractivity contribution < 1.29 is 28.6 Å². The Morgan fingerprint density at radius 2 is 1.81 bits per heavy atom. The maximum atomic E-state index is 13.6. The predicted molar refractivity (Wildman–Crippen MR) is 135 cm³/mol. The summed E-state index contributed by atoms with van der Waals surface area (Å²) in [7, 11) is 1.48. The molecule has 1 amide bonds. The summed E-state index contributed by atoms with van der Waals surface area (Å²) in [6.07, 6.45) is 1.14. The van der Waals surface area contributed by atoms with E-state index in [0.717, 1.165) is 16.0 Å². The Kier molecular flexibility index (Phi) is 7.43. The van der Waals surface area contributed by atoms with Gasteiger partial charge in [-0.2, -0.15) is 0 Å². The molecular weight excluding hydrogens is 508 g/mol. The molecule has 1 heterocycles. The van der Waals surface area contributed by atoms with Gasteiger partial charge in [-0.25, -0.2) is 4.39 Å². The van der Waals surface area contributed by atoms with Crippen molar-refractivity contribution in [1.82, 2.24) is 4.90 Å². The average Bonchev–Trinajstić information content (AvgIpc) is 3.16. The fraction of sp³-hybridized carbons (Fsp3) is 0.259. The van der Waals surface area contributed by atoms with Crippen molar-refractivity contribution in [2.24, 2.45) is 0 Å². The lowest BCUT2D eigenvalue weighted by molar-refractivity contribution is -0.137. The van der Waals surface area contributed by atoms with E-state index in [-0.39, 0.29) is 17.1 Å². The normalized spacial score (nSPS) is 16.2. The smallest absolute Gasteiger partial charge is 0.323 e. The van der Waals surface area contributed by atoms with E-state index < -0.39 is 29.8 Å². The molecule has 4 rings (SSSR count). The number of aliphatic carboxylic acids is 1. The van der Waals surface area contributed by atoms with Gasteiger partial charge in [0.1, 0.15) is 18.0 Å². The zero-order valence-electron chi connectivity index (χ0n) is 19.7. The molecule has 0 aromatic heterocycles. The molecule has 9 heteroatoms. The molecule has 1 unspecified atom stereocenters. The summed E-state index contributed by atoms with van der Waals surface area (Å²) >= 11 is 11.9. The van der Waals surface area contributed by atoms with Crippen LogP contribution < -0.4 is 9.47 Å². The van der Waals surface area contributed by atoms with Crippen molar-refractivity contribution in [1.29, 1.82) is 0 Å². The lowest BCUT2D eigenvalue weighted by atomic mass is 9.91. The van der Waals surface area contributed by atoms with Crippen molar-refractivity contribution in [2.75, 3.05) is 13.7 Å². The molecule has 6 nitrogen and oxygen atoms in total. The lowest BCUT2D eigenvalue weighted by Gasteiger charge is -2.24. The Balaban J connectivity index is 1.61. The third kappa shape index (κ3) is 5.74. The third-order valence-corrected chi connectivity index (χ3v) is 6.52. The first-order valence-corrected chi connectivity index (χ1v) is 11.9. The number of carbonyl (C=O) groups excluding carboxylic acids is 1. The van der Waals surface area contributed by atoms with Gasteiger partial charge in [0, 0.05) is 35.5 Å². The van der Waals surface area contributed by atoms with Gasteiger partial charge >= 0.3 is 5.97 Å². The molecule has 0 radical (unpaired) electrons. The first-order chi connectivity index (χ1) is 17.1. The van der Waals surface area contributed by atoms with Crippen LogP contribution in [0.1, 0.15) is 34.0 Å². The van der Waals surface area contributed by atoms with Gasteiger partial charge in [0.15, 0.2) is 11.5 Å². The van der Waals surface area contributed by atoms with Crippen molar-refractivity contribution in [3.8, 4) is 11.5 Å². The van der Waals surface area contributed by atoms with Gasteiger partial charge in [0.2, 0.25) is 0 Å². The molecule has 0 spiro atoms. The van der Waals surface area contributed by atoms with Crippen LogP contribution in [0.5, 0.6) is 11.5 Å². The second-order valence-corrected chi connectivity index (χ2v) is 9.85. The number of amides is 1. The summed E-state index contributed by atoms with van der Waals surface area (Å²) in [5, 5.41) is 9.95.